The predicted molar refractivity (Wildman–Crippen MR) is 84.2 cm³/mol. The first-order chi connectivity index (χ1) is 10.1. The fraction of sp³-hybridized carbons (Fsp3) is 0.562. The lowest BCUT2D eigenvalue weighted by molar-refractivity contribution is -0.134. The smallest absolute Gasteiger partial charge is 0.240 e. The number of carbonyl (C=O) groups is 1. The number of aliphatic hydroxyl groups excluding tert-OH is 1. The maximum Gasteiger partial charge on any atom is 0.240 e. The van der Waals surface area contributed by atoms with Gasteiger partial charge in [0.05, 0.1) is 12.1 Å². The van der Waals surface area contributed by atoms with Crippen LogP contribution >= 0.6 is 12.4 Å². The average molecular weight is 329 g/mol. The molecule has 1 amide bonds. The number of hydrogen-bond donors (Lipinski definition) is 2. The normalized spacial score (nSPS) is 23.9. The van der Waals surface area contributed by atoms with E-state index in [1.807, 2.05) is 4.90 Å². The molecule has 22 heavy (non-hydrogen) atoms. The number of nitrogens with zero attached hydrogens (tertiary/aromatic N) is 1. The number of amides is 1. The molecule has 1 aromatic carbocycles. The summed E-state index contributed by atoms with van der Waals surface area (Å²) >= 11 is 0. The fourth-order valence-electron chi connectivity index (χ4n) is 2.78. The number of β-amino-alcohol motifs (C(OH)–C–C–N with tert-alkyl or cyclic N) is 1. The van der Waals surface area contributed by atoms with Gasteiger partial charge in [-0.05, 0) is 42.9 Å². The third-order valence-electron chi connectivity index (χ3n) is 4.18. The molecular weight excluding hydrogens is 307 g/mol. The number of benzene rings is 1. The minimum Gasteiger partial charge on any atom is -0.392 e. The van der Waals surface area contributed by atoms with Crippen molar-refractivity contribution in [3.63, 3.8) is 0 Å². The van der Waals surface area contributed by atoms with Crippen LogP contribution in [0, 0.1) is 11.7 Å². The summed E-state index contributed by atoms with van der Waals surface area (Å²) in [6, 6.07) is 6.00. The monoisotopic (exact) mass is 328 g/mol. The highest BCUT2D eigenvalue weighted by Crippen LogP contribution is 2.30. The van der Waals surface area contributed by atoms with E-state index in [0.29, 0.717) is 25.4 Å². The van der Waals surface area contributed by atoms with Crippen LogP contribution in [0.3, 0.4) is 0 Å². The summed E-state index contributed by atoms with van der Waals surface area (Å²) < 4.78 is 13.0. The standard InChI is InChI=1S/C16H21FN2O2.ClH/c17-13-5-3-12(4-6-13)10-19(9-11-1-2-11)16(21)15-7-14(20)8-18-15;/h3-6,11,14-15,18,20H,1-2,7-10H2;1H. The summed E-state index contributed by atoms with van der Waals surface area (Å²) in [4.78, 5) is 14.5. The van der Waals surface area contributed by atoms with Crippen LogP contribution in [0.2, 0.25) is 0 Å². The van der Waals surface area contributed by atoms with Crippen molar-refractivity contribution >= 4 is 18.3 Å². The lowest BCUT2D eigenvalue weighted by Crippen LogP contribution is -2.44. The van der Waals surface area contributed by atoms with Crippen molar-refractivity contribution in [3.05, 3.63) is 35.6 Å². The van der Waals surface area contributed by atoms with Gasteiger partial charge in [0.1, 0.15) is 5.82 Å². The quantitative estimate of drug-likeness (QED) is 0.865. The second-order valence-electron chi connectivity index (χ2n) is 6.14. The first-order valence-corrected chi connectivity index (χ1v) is 7.56. The summed E-state index contributed by atoms with van der Waals surface area (Å²) in [6.45, 7) is 1.73. The SMILES string of the molecule is Cl.O=C(C1CC(O)CN1)N(Cc1ccc(F)cc1)CC1CC1. The Morgan fingerprint density at radius 2 is 2.00 bits per heavy atom. The summed E-state index contributed by atoms with van der Waals surface area (Å²) in [5, 5.41) is 12.6. The first-order valence-electron chi connectivity index (χ1n) is 7.56. The number of aliphatic hydroxyl groups is 1. The molecule has 0 spiro atoms. The van der Waals surface area contributed by atoms with Gasteiger partial charge in [-0.15, -0.1) is 12.4 Å². The average Bonchev–Trinajstić information content (AvgIpc) is 3.19. The Labute approximate surface area is 136 Å². The second kappa shape index (κ2) is 7.40. The van der Waals surface area contributed by atoms with Gasteiger partial charge in [0.15, 0.2) is 0 Å². The van der Waals surface area contributed by atoms with Crippen LogP contribution in [0.4, 0.5) is 4.39 Å². The third kappa shape index (κ3) is 4.41. The molecule has 3 rings (SSSR count). The largest absolute Gasteiger partial charge is 0.392 e. The summed E-state index contributed by atoms with van der Waals surface area (Å²) in [5.41, 5.74) is 0.934. The molecule has 2 N–H and O–H groups in total. The van der Waals surface area contributed by atoms with E-state index in [1.54, 1.807) is 12.1 Å². The molecule has 1 saturated heterocycles. The minimum absolute atomic E-state index is 0. The van der Waals surface area contributed by atoms with Gasteiger partial charge in [0.2, 0.25) is 5.91 Å². The predicted octanol–water partition coefficient (Wildman–Crippen LogP) is 1.71. The van der Waals surface area contributed by atoms with Gasteiger partial charge < -0.3 is 15.3 Å². The topological polar surface area (TPSA) is 52.6 Å². The van der Waals surface area contributed by atoms with Crippen LogP contribution in [0.5, 0.6) is 0 Å². The molecule has 2 aliphatic rings. The van der Waals surface area contributed by atoms with E-state index in [9.17, 15) is 14.3 Å². The summed E-state index contributed by atoms with van der Waals surface area (Å²) in [7, 11) is 0. The van der Waals surface area contributed by atoms with E-state index in [1.165, 1.54) is 25.0 Å². The molecule has 0 radical (unpaired) electrons. The Kier molecular flexibility index (Phi) is 5.78. The number of halogens is 2. The highest BCUT2D eigenvalue weighted by Gasteiger charge is 2.34. The van der Waals surface area contributed by atoms with Gasteiger partial charge in [0, 0.05) is 19.6 Å². The molecule has 1 aromatic rings. The van der Waals surface area contributed by atoms with E-state index in [4.69, 9.17) is 0 Å². The van der Waals surface area contributed by atoms with Gasteiger partial charge in [-0.25, -0.2) is 4.39 Å². The van der Waals surface area contributed by atoms with Gasteiger partial charge >= 0.3 is 0 Å². The van der Waals surface area contributed by atoms with Crippen molar-refractivity contribution in [2.24, 2.45) is 5.92 Å². The number of rotatable bonds is 5. The Hall–Kier alpha value is -1.17. The Morgan fingerprint density at radius 3 is 2.55 bits per heavy atom. The molecular formula is C16H22ClFN2O2. The van der Waals surface area contributed by atoms with Gasteiger partial charge in [-0.2, -0.15) is 0 Å². The molecule has 0 aromatic heterocycles. The summed E-state index contributed by atoms with van der Waals surface area (Å²) in [6.07, 6.45) is 2.39. The van der Waals surface area contributed by atoms with Crippen molar-refractivity contribution < 1.29 is 14.3 Å². The third-order valence-corrected chi connectivity index (χ3v) is 4.18. The summed E-state index contributed by atoms with van der Waals surface area (Å²) in [5.74, 6) is 0.378. The first kappa shape index (κ1) is 17.2. The second-order valence-corrected chi connectivity index (χ2v) is 6.14. The molecule has 2 atom stereocenters. The van der Waals surface area contributed by atoms with Gasteiger partial charge in [-0.1, -0.05) is 12.1 Å². The molecule has 1 aliphatic heterocycles. The fourth-order valence-corrected chi connectivity index (χ4v) is 2.78. The molecule has 6 heteroatoms. The van der Waals surface area contributed by atoms with Crippen LogP contribution < -0.4 is 5.32 Å². The lowest BCUT2D eigenvalue weighted by Gasteiger charge is -2.26. The molecule has 4 nitrogen and oxygen atoms in total. The number of carbonyl (C=O) groups excluding carboxylic acids is 1. The van der Waals surface area contributed by atoms with E-state index in [-0.39, 0.29) is 30.2 Å². The van der Waals surface area contributed by atoms with Crippen molar-refractivity contribution in [1.29, 1.82) is 0 Å². The molecule has 1 saturated carbocycles. The zero-order valence-corrected chi connectivity index (χ0v) is 13.2. The van der Waals surface area contributed by atoms with Crippen molar-refractivity contribution in [2.75, 3.05) is 13.1 Å². The lowest BCUT2D eigenvalue weighted by atomic mass is 10.1. The molecule has 0 bridgehead atoms. The Bertz CT molecular complexity index is 507. The van der Waals surface area contributed by atoms with Crippen molar-refractivity contribution in [1.82, 2.24) is 10.2 Å². The number of hydrogen-bond acceptors (Lipinski definition) is 3. The minimum atomic E-state index is -0.437. The van der Waals surface area contributed by atoms with Gasteiger partial charge in [0.25, 0.3) is 0 Å². The molecule has 122 valence electrons. The zero-order valence-electron chi connectivity index (χ0n) is 12.4. The molecule has 1 heterocycles. The highest BCUT2D eigenvalue weighted by molar-refractivity contribution is 5.85. The van der Waals surface area contributed by atoms with E-state index < -0.39 is 6.10 Å². The zero-order chi connectivity index (χ0) is 14.8. The maximum absolute atomic E-state index is 13.0. The van der Waals surface area contributed by atoms with Crippen molar-refractivity contribution in [3.8, 4) is 0 Å². The van der Waals surface area contributed by atoms with Crippen LogP contribution in [0.25, 0.3) is 0 Å². The highest BCUT2D eigenvalue weighted by atomic mass is 35.5. The van der Waals surface area contributed by atoms with Crippen LogP contribution in [-0.4, -0.2) is 41.1 Å². The van der Waals surface area contributed by atoms with Crippen LogP contribution in [-0.2, 0) is 11.3 Å². The van der Waals surface area contributed by atoms with E-state index >= 15 is 0 Å². The van der Waals surface area contributed by atoms with E-state index in [2.05, 4.69) is 5.32 Å². The molecule has 1 aliphatic carbocycles. The number of nitrogens with one attached hydrogen (secondary N) is 1. The van der Waals surface area contributed by atoms with Gasteiger partial charge in [-0.3, -0.25) is 4.79 Å². The Morgan fingerprint density at radius 1 is 1.32 bits per heavy atom. The van der Waals surface area contributed by atoms with Crippen LogP contribution in [0.1, 0.15) is 24.8 Å². The Balaban J connectivity index is 0.00000176. The molecule has 2 fully saturated rings. The van der Waals surface area contributed by atoms with Crippen LogP contribution in [0.15, 0.2) is 24.3 Å². The van der Waals surface area contributed by atoms with Crippen molar-refractivity contribution in [2.45, 2.75) is 38.0 Å². The molecule has 2 unspecified atom stereocenters. The maximum atomic E-state index is 13.0. The van der Waals surface area contributed by atoms with E-state index in [0.717, 1.165) is 12.1 Å².